The van der Waals surface area contributed by atoms with Crippen molar-refractivity contribution in [1.29, 1.82) is 0 Å². The zero-order valence-corrected chi connectivity index (χ0v) is 21.2. The molecular formula is C27H34N4O4. The summed E-state index contributed by atoms with van der Waals surface area (Å²) in [6, 6.07) is 11.6. The van der Waals surface area contributed by atoms with Crippen LogP contribution in [0.1, 0.15) is 56.8 Å². The summed E-state index contributed by atoms with van der Waals surface area (Å²) >= 11 is 0. The van der Waals surface area contributed by atoms with Crippen molar-refractivity contribution in [2.45, 2.75) is 60.1 Å². The molecule has 0 aliphatic carbocycles. The fourth-order valence-corrected chi connectivity index (χ4v) is 4.11. The SMILES string of the molecule is CCCN1C(=O)NC(c2ccc(NC(=O)Nc3c(C)cccc3C)cc2)C(C(=O)OC(C)C)=C1C. The van der Waals surface area contributed by atoms with Gasteiger partial charge in [-0.1, -0.05) is 37.3 Å². The van der Waals surface area contributed by atoms with E-state index in [1.807, 2.05) is 39.0 Å². The van der Waals surface area contributed by atoms with Crippen LogP contribution in [0, 0.1) is 13.8 Å². The van der Waals surface area contributed by atoms with Gasteiger partial charge in [-0.25, -0.2) is 14.4 Å². The van der Waals surface area contributed by atoms with Crippen molar-refractivity contribution >= 4 is 29.4 Å². The Morgan fingerprint density at radius 1 is 1.03 bits per heavy atom. The lowest BCUT2D eigenvalue weighted by atomic mass is 9.94. The van der Waals surface area contributed by atoms with Gasteiger partial charge in [0.25, 0.3) is 0 Å². The van der Waals surface area contributed by atoms with Gasteiger partial charge in [0.05, 0.1) is 17.7 Å². The third-order valence-corrected chi connectivity index (χ3v) is 5.83. The van der Waals surface area contributed by atoms with E-state index in [2.05, 4.69) is 16.0 Å². The van der Waals surface area contributed by atoms with Crippen LogP contribution in [-0.2, 0) is 9.53 Å². The summed E-state index contributed by atoms with van der Waals surface area (Å²) in [5, 5.41) is 8.66. The van der Waals surface area contributed by atoms with Crippen molar-refractivity contribution in [1.82, 2.24) is 10.2 Å². The molecule has 0 spiro atoms. The van der Waals surface area contributed by atoms with Gasteiger partial charge in [0.2, 0.25) is 0 Å². The fourth-order valence-electron chi connectivity index (χ4n) is 4.11. The molecule has 2 aromatic carbocycles. The van der Waals surface area contributed by atoms with Crippen molar-refractivity contribution in [2.24, 2.45) is 0 Å². The minimum Gasteiger partial charge on any atom is -0.459 e. The Kier molecular flexibility index (Phi) is 8.17. The average molecular weight is 479 g/mol. The monoisotopic (exact) mass is 478 g/mol. The van der Waals surface area contributed by atoms with Crippen LogP contribution in [0.3, 0.4) is 0 Å². The number of allylic oxidation sites excluding steroid dienone is 1. The second kappa shape index (κ2) is 11.1. The predicted molar refractivity (Wildman–Crippen MR) is 137 cm³/mol. The highest BCUT2D eigenvalue weighted by atomic mass is 16.5. The molecule has 0 aromatic heterocycles. The number of para-hydroxylation sites is 1. The predicted octanol–water partition coefficient (Wildman–Crippen LogP) is 5.65. The molecule has 1 heterocycles. The summed E-state index contributed by atoms with van der Waals surface area (Å²) in [6.45, 7) is 11.7. The number of ether oxygens (including phenoxy) is 1. The first-order valence-electron chi connectivity index (χ1n) is 11.9. The van der Waals surface area contributed by atoms with E-state index in [9.17, 15) is 14.4 Å². The zero-order chi connectivity index (χ0) is 25.7. The molecule has 1 unspecified atom stereocenters. The molecule has 0 saturated heterocycles. The summed E-state index contributed by atoms with van der Waals surface area (Å²) in [5.74, 6) is -0.459. The third kappa shape index (κ3) is 6.01. The second-order valence-electron chi connectivity index (χ2n) is 8.96. The lowest BCUT2D eigenvalue weighted by molar-refractivity contribution is -0.143. The van der Waals surface area contributed by atoms with Crippen molar-refractivity contribution in [2.75, 3.05) is 17.2 Å². The molecule has 0 radical (unpaired) electrons. The largest absolute Gasteiger partial charge is 0.459 e. The molecule has 3 rings (SSSR count). The number of aryl methyl sites for hydroxylation is 2. The van der Waals surface area contributed by atoms with E-state index in [-0.39, 0.29) is 18.2 Å². The van der Waals surface area contributed by atoms with Gasteiger partial charge in [0.1, 0.15) is 0 Å². The minimum absolute atomic E-state index is 0.259. The molecule has 0 fully saturated rings. The van der Waals surface area contributed by atoms with Gasteiger partial charge in [-0.3, -0.25) is 4.90 Å². The molecule has 2 aromatic rings. The average Bonchev–Trinajstić information content (AvgIpc) is 2.79. The Hall–Kier alpha value is -3.81. The van der Waals surface area contributed by atoms with Crippen LogP contribution in [0.2, 0.25) is 0 Å². The van der Waals surface area contributed by atoms with Gasteiger partial charge < -0.3 is 20.7 Å². The Morgan fingerprint density at radius 2 is 1.66 bits per heavy atom. The maximum atomic E-state index is 13.0. The number of hydrogen-bond donors (Lipinski definition) is 3. The zero-order valence-electron chi connectivity index (χ0n) is 21.2. The fraction of sp³-hybridized carbons (Fsp3) is 0.370. The van der Waals surface area contributed by atoms with Gasteiger partial charge >= 0.3 is 18.0 Å². The van der Waals surface area contributed by atoms with Crippen molar-refractivity contribution in [3.8, 4) is 0 Å². The quantitative estimate of drug-likeness (QED) is 0.448. The van der Waals surface area contributed by atoms with E-state index in [0.717, 1.165) is 23.2 Å². The van der Waals surface area contributed by atoms with Crippen LogP contribution in [0.4, 0.5) is 21.0 Å². The first kappa shape index (κ1) is 25.8. The first-order chi connectivity index (χ1) is 16.6. The maximum absolute atomic E-state index is 13.0. The molecule has 4 amide bonds. The van der Waals surface area contributed by atoms with E-state index in [4.69, 9.17) is 4.74 Å². The molecule has 0 bridgehead atoms. The second-order valence-corrected chi connectivity index (χ2v) is 8.96. The number of carbonyl (C=O) groups is 3. The first-order valence-corrected chi connectivity index (χ1v) is 11.9. The minimum atomic E-state index is -0.653. The summed E-state index contributed by atoms with van der Waals surface area (Å²) in [4.78, 5) is 39.9. The number of anilines is 2. The van der Waals surface area contributed by atoms with E-state index < -0.39 is 12.0 Å². The van der Waals surface area contributed by atoms with Crippen LogP contribution in [0.25, 0.3) is 0 Å². The van der Waals surface area contributed by atoms with Gasteiger partial charge in [0.15, 0.2) is 0 Å². The molecule has 0 saturated carbocycles. The van der Waals surface area contributed by atoms with E-state index >= 15 is 0 Å². The highest BCUT2D eigenvalue weighted by molar-refractivity contribution is 6.00. The van der Waals surface area contributed by atoms with Crippen molar-refractivity contribution in [3.63, 3.8) is 0 Å². The lowest BCUT2D eigenvalue weighted by Crippen LogP contribution is -2.48. The van der Waals surface area contributed by atoms with Crippen LogP contribution in [0.5, 0.6) is 0 Å². The van der Waals surface area contributed by atoms with Crippen LogP contribution >= 0.6 is 0 Å². The molecule has 3 N–H and O–H groups in total. The van der Waals surface area contributed by atoms with Crippen molar-refractivity contribution in [3.05, 3.63) is 70.4 Å². The standard InChI is InChI=1S/C27H34N4O4/c1-7-15-31-19(6)22(25(32)35-16(2)3)24(30-27(31)34)20-11-13-21(14-12-20)28-26(33)29-23-17(4)9-8-10-18(23)5/h8-14,16,24H,7,15H2,1-6H3,(H,30,34)(H2,28,29,33). The number of esters is 1. The molecule has 1 aliphatic heterocycles. The van der Waals surface area contributed by atoms with E-state index in [0.29, 0.717) is 29.1 Å². The van der Waals surface area contributed by atoms with Gasteiger partial charge in [-0.2, -0.15) is 0 Å². The molecule has 186 valence electrons. The highest BCUT2D eigenvalue weighted by Gasteiger charge is 2.36. The molecule has 8 heteroatoms. The lowest BCUT2D eigenvalue weighted by Gasteiger charge is -2.35. The normalized spacial score (nSPS) is 15.7. The number of hydrogen-bond acceptors (Lipinski definition) is 4. The molecule has 8 nitrogen and oxygen atoms in total. The highest BCUT2D eigenvalue weighted by Crippen LogP contribution is 2.32. The van der Waals surface area contributed by atoms with Gasteiger partial charge in [-0.05, 0) is 69.9 Å². The van der Waals surface area contributed by atoms with Gasteiger partial charge in [-0.15, -0.1) is 0 Å². The van der Waals surface area contributed by atoms with Crippen LogP contribution in [0.15, 0.2) is 53.7 Å². The maximum Gasteiger partial charge on any atom is 0.338 e. The number of urea groups is 2. The molecular weight excluding hydrogens is 444 g/mol. The summed E-state index contributed by atoms with van der Waals surface area (Å²) in [7, 11) is 0. The van der Waals surface area contributed by atoms with Crippen LogP contribution < -0.4 is 16.0 Å². The Balaban J connectivity index is 1.82. The van der Waals surface area contributed by atoms with Crippen LogP contribution in [-0.4, -0.2) is 35.6 Å². The summed E-state index contributed by atoms with van der Waals surface area (Å²) in [6.07, 6.45) is 0.467. The topological polar surface area (TPSA) is 99.8 Å². The molecule has 35 heavy (non-hydrogen) atoms. The van der Waals surface area contributed by atoms with E-state index in [1.165, 1.54) is 0 Å². The number of amides is 4. The number of benzene rings is 2. The number of carbonyl (C=O) groups excluding carboxylic acids is 3. The number of rotatable bonds is 7. The summed E-state index contributed by atoms with van der Waals surface area (Å²) < 4.78 is 5.49. The molecule has 1 atom stereocenters. The van der Waals surface area contributed by atoms with E-state index in [1.54, 1.807) is 49.9 Å². The summed E-state index contributed by atoms with van der Waals surface area (Å²) in [5.41, 5.74) is 5.01. The Morgan fingerprint density at radius 3 is 2.23 bits per heavy atom. The number of nitrogens with one attached hydrogen (secondary N) is 3. The van der Waals surface area contributed by atoms with Gasteiger partial charge in [0, 0.05) is 23.6 Å². The Labute approximate surface area is 206 Å². The Bertz CT molecular complexity index is 1120. The van der Waals surface area contributed by atoms with Crippen molar-refractivity contribution < 1.29 is 19.1 Å². The third-order valence-electron chi connectivity index (χ3n) is 5.83. The number of nitrogens with zero attached hydrogens (tertiary/aromatic N) is 1. The smallest absolute Gasteiger partial charge is 0.338 e. The molecule has 1 aliphatic rings.